The Labute approximate surface area is 121 Å². The highest BCUT2D eigenvalue weighted by molar-refractivity contribution is 7.13. The summed E-state index contributed by atoms with van der Waals surface area (Å²) in [7, 11) is 0. The fraction of sp³-hybridized carbons (Fsp3) is 0.467. The lowest BCUT2D eigenvalue weighted by atomic mass is 9.94. The molecule has 0 radical (unpaired) electrons. The lowest BCUT2D eigenvalue weighted by Gasteiger charge is -2.16. The number of rotatable bonds is 6. The van der Waals surface area contributed by atoms with Gasteiger partial charge in [-0.2, -0.15) is 0 Å². The van der Waals surface area contributed by atoms with Gasteiger partial charge in [0.2, 0.25) is 0 Å². The number of carboxylic acids is 1. The Hall–Kier alpha value is -1.62. The average molecular weight is 293 g/mol. The number of benzene rings is 1. The van der Waals surface area contributed by atoms with Gasteiger partial charge in [-0.15, -0.1) is 0 Å². The van der Waals surface area contributed by atoms with E-state index in [1.807, 2.05) is 24.3 Å². The fourth-order valence-corrected chi connectivity index (χ4v) is 3.61. The summed E-state index contributed by atoms with van der Waals surface area (Å²) in [5.74, 6) is -0.382. The Kier molecular flexibility index (Phi) is 4.60. The summed E-state index contributed by atoms with van der Waals surface area (Å²) in [5, 5.41) is 9.72. The van der Waals surface area contributed by atoms with Crippen molar-refractivity contribution in [2.75, 3.05) is 0 Å². The molecule has 1 aromatic heterocycles. The predicted molar refractivity (Wildman–Crippen MR) is 81.3 cm³/mol. The van der Waals surface area contributed by atoms with E-state index in [0.29, 0.717) is 12.5 Å². The minimum atomic E-state index is -0.801. The quantitative estimate of drug-likeness (QED) is 0.889. The predicted octanol–water partition coefficient (Wildman–Crippen LogP) is 3.20. The highest BCUT2D eigenvalue weighted by Crippen LogP contribution is 2.21. The van der Waals surface area contributed by atoms with Crippen LogP contribution in [0.15, 0.2) is 29.1 Å². The van der Waals surface area contributed by atoms with Crippen molar-refractivity contribution in [1.82, 2.24) is 3.96 Å². The van der Waals surface area contributed by atoms with Crippen LogP contribution >= 0.6 is 11.5 Å². The maximum absolute atomic E-state index is 12.3. The number of carbonyl (C=O) groups is 1. The molecule has 1 aromatic carbocycles. The van der Waals surface area contributed by atoms with Crippen molar-refractivity contribution in [1.29, 1.82) is 0 Å². The highest BCUT2D eigenvalue weighted by atomic mass is 32.1. The Morgan fingerprint density at radius 2 is 2.05 bits per heavy atom. The van der Waals surface area contributed by atoms with Gasteiger partial charge in [0.25, 0.3) is 5.56 Å². The Morgan fingerprint density at radius 1 is 1.35 bits per heavy atom. The van der Waals surface area contributed by atoms with E-state index in [1.54, 1.807) is 3.96 Å². The Bertz CT molecular complexity index is 656. The monoisotopic (exact) mass is 293 g/mol. The number of carboxylic acid groups (broad SMARTS) is 1. The molecule has 1 N–H and O–H groups in total. The van der Waals surface area contributed by atoms with E-state index in [4.69, 9.17) is 5.11 Å². The first kappa shape index (κ1) is 14.8. The number of fused-ring (bicyclic) bond motifs is 1. The molecule has 1 heterocycles. The van der Waals surface area contributed by atoms with E-state index in [1.165, 1.54) is 11.5 Å². The van der Waals surface area contributed by atoms with E-state index in [9.17, 15) is 9.59 Å². The molecule has 0 aliphatic rings. The van der Waals surface area contributed by atoms with Gasteiger partial charge < -0.3 is 5.11 Å². The first-order chi connectivity index (χ1) is 9.47. The zero-order valence-corrected chi connectivity index (χ0v) is 12.5. The first-order valence-electron chi connectivity index (χ1n) is 6.78. The summed E-state index contributed by atoms with van der Waals surface area (Å²) in [6.07, 6.45) is 0.922. The van der Waals surface area contributed by atoms with E-state index < -0.39 is 5.97 Å². The summed E-state index contributed by atoms with van der Waals surface area (Å²) < 4.78 is 2.65. The van der Waals surface area contributed by atoms with Gasteiger partial charge >= 0.3 is 5.97 Å². The van der Waals surface area contributed by atoms with Crippen molar-refractivity contribution in [2.45, 2.75) is 33.2 Å². The van der Waals surface area contributed by atoms with Gasteiger partial charge in [-0.1, -0.05) is 37.5 Å². The Balaban J connectivity index is 2.25. The third-order valence-electron chi connectivity index (χ3n) is 3.24. The number of aromatic nitrogens is 1. The maximum Gasteiger partial charge on any atom is 0.303 e. The van der Waals surface area contributed by atoms with E-state index in [0.717, 1.165) is 16.5 Å². The largest absolute Gasteiger partial charge is 0.481 e. The van der Waals surface area contributed by atoms with Crippen molar-refractivity contribution >= 4 is 27.6 Å². The molecule has 2 rings (SSSR count). The molecule has 0 spiro atoms. The molecule has 0 aliphatic heterocycles. The number of hydrogen-bond donors (Lipinski definition) is 1. The van der Waals surface area contributed by atoms with E-state index in [2.05, 4.69) is 13.8 Å². The molecule has 0 bridgehead atoms. The molecular weight excluding hydrogens is 274 g/mol. The van der Waals surface area contributed by atoms with Gasteiger partial charge in [-0.25, -0.2) is 0 Å². The van der Waals surface area contributed by atoms with Crippen LogP contribution in [0.25, 0.3) is 10.1 Å². The summed E-state index contributed by atoms with van der Waals surface area (Å²) in [5.41, 5.74) is -0.00950. The molecule has 0 saturated carbocycles. The molecular formula is C15H19NO3S. The molecule has 1 unspecified atom stereocenters. The smallest absolute Gasteiger partial charge is 0.303 e. The molecule has 0 amide bonds. The van der Waals surface area contributed by atoms with Gasteiger partial charge in [-0.3, -0.25) is 13.5 Å². The normalized spacial score (nSPS) is 12.9. The molecule has 0 saturated heterocycles. The second-order valence-electron chi connectivity index (χ2n) is 5.55. The molecule has 0 fully saturated rings. The molecule has 4 nitrogen and oxygen atoms in total. The SMILES string of the molecule is CC(C)CC(CC(=O)O)Cn1sc2ccccc2c1=O. The highest BCUT2D eigenvalue weighted by Gasteiger charge is 2.18. The summed E-state index contributed by atoms with van der Waals surface area (Å²) in [4.78, 5) is 23.2. The van der Waals surface area contributed by atoms with Crippen molar-refractivity contribution in [3.05, 3.63) is 34.6 Å². The van der Waals surface area contributed by atoms with E-state index in [-0.39, 0.29) is 17.9 Å². The second kappa shape index (κ2) is 6.22. The van der Waals surface area contributed by atoms with Crippen LogP contribution in [0.2, 0.25) is 0 Å². The third kappa shape index (κ3) is 3.48. The average Bonchev–Trinajstić information content (AvgIpc) is 2.65. The lowest BCUT2D eigenvalue weighted by Crippen LogP contribution is -2.22. The van der Waals surface area contributed by atoms with Crippen LogP contribution in [0.3, 0.4) is 0 Å². The second-order valence-corrected chi connectivity index (χ2v) is 6.61. The third-order valence-corrected chi connectivity index (χ3v) is 4.33. The van der Waals surface area contributed by atoms with E-state index >= 15 is 0 Å². The topological polar surface area (TPSA) is 59.3 Å². The molecule has 108 valence electrons. The molecule has 5 heteroatoms. The maximum atomic E-state index is 12.3. The number of hydrogen-bond acceptors (Lipinski definition) is 3. The first-order valence-corrected chi connectivity index (χ1v) is 7.55. The van der Waals surface area contributed by atoms with Crippen LogP contribution in [-0.4, -0.2) is 15.0 Å². The van der Waals surface area contributed by atoms with Gasteiger partial charge in [-0.05, 0) is 30.4 Å². The van der Waals surface area contributed by atoms with Gasteiger partial charge in [0.15, 0.2) is 0 Å². The molecule has 0 aliphatic carbocycles. The van der Waals surface area contributed by atoms with Gasteiger partial charge in [0, 0.05) is 13.0 Å². The minimum Gasteiger partial charge on any atom is -0.481 e. The van der Waals surface area contributed by atoms with Crippen LogP contribution in [0.5, 0.6) is 0 Å². The fourth-order valence-electron chi connectivity index (χ4n) is 2.51. The summed E-state index contributed by atoms with van der Waals surface area (Å²) in [6.45, 7) is 4.63. The van der Waals surface area contributed by atoms with Crippen molar-refractivity contribution in [3.8, 4) is 0 Å². The summed E-state index contributed by atoms with van der Waals surface area (Å²) in [6, 6.07) is 7.50. The van der Waals surface area contributed by atoms with Crippen LogP contribution in [0.4, 0.5) is 0 Å². The zero-order valence-electron chi connectivity index (χ0n) is 11.7. The van der Waals surface area contributed by atoms with Gasteiger partial charge in [0.1, 0.15) is 0 Å². The van der Waals surface area contributed by atoms with Crippen LogP contribution in [0.1, 0.15) is 26.7 Å². The molecule has 20 heavy (non-hydrogen) atoms. The number of aliphatic carboxylic acids is 1. The van der Waals surface area contributed by atoms with Crippen LogP contribution in [0, 0.1) is 11.8 Å². The lowest BCUT2D eigenvalue weighted by molar-refractivity contribution is -0.138. The molecule has 2 aromatic rings. The van der Waals surface area contributed by atoms with Crippen LogP contribution in [-0.2, 0) is 11.3 Å². The standard InChI is InChI=1S/C15H19NO3S/c1-10(2)7-11(8-14(17)18)9-16-15(19)12-5-3-4-6-13(12)20-16/h3-6,10-11H,7-9H2,1-2H3,(H,17,18). The van der Waals surface area contributed by atoms with Crippen molar-refractivity contribution in [3.63, 3.8) is 0 Å². The minimum absolute atomic E-state index is 0.00161. The zero-order chi connectivity index (χ0) is 14.7. The number of nitrogens with zero attached hydrogens (tertiary/aromatic N) is 1. The van der Waals surface area contributed by atoms with Crippen molar-refractivity contribution < 1.29 is 9.90 Å². The Morgan fingerprint density at radius 3 is 2.65 bits per heavy atom. The summed E-state index contributed by atoms with van der Waals surface area (Å²) >= 11 is 1.42. The van der Waals surface area contributed by atoms with Crippen LogP contribution < -0.4 is 5.56 Å². The molecule has 1 atom stereocenters. The van der Waals surface area contributed by atoms with Crippen molar-refractivity contribution in [2.24, 2.45) is 11.8 Å². The van der Waals surface area contributed by atoms with Gasteiger partial charge in [0.05, 0.1) is 10.1 Å².